The van der Waals surface area contributed by atoms with Crippen molar-refractivity contribution in [3.63, 3.8) is 0 Å². The smallest absolute Gasteiger partial charge is 0.172 e. The van der Waals surface area contributed by atoms with Crippen molar-refractivity contribution in [1.29, 1.82) is 0 Å². The Morgan fingerprint density at radius 1 is 0.905 bits per heavy atom. The lowest BCUT2D eigenvalue weighted by atomic mass is 9.95. The van der Waals surface area contributed by atoms with E-state index in [0.717, 1.165) is 11.3 Å². The maximum atomic E-state index is 4.81. The summed E-state index contributed by atoms with van der Waals surface area (Å²) in [6, 6.07) is 0. The van der Waals surface area contributed by atoms with Crippen molar-refractivity contribution in [1.82, 2.24) is 24.5 Å². The molecule has 0 bridgehead atoms. The van der Waals surface area contributed by atoms with Crippen LogP contribution in [0.15, 0.2) is 6.33 Å². The van der Waals surface area contributed by atoms with Gasteiger partial charge in [-0.3, -0.25) is 9.36 Å². The second kappa shape index (κ2) is 4.69. The molecule has 3 rings (SSSR count). The number of hydrogen-bond donors (Lipinski definition) is 0. The lowest BCUT2D eigenvalue weighted by molar-refractivity contribution is 0.633. The van der Waals surface area contributed by atoms with Crippen molar-refractivity contribution in [2.75, 3.05) is 0 Å². The van der Waals surface area contributed by atoms with Gasteiger partial charge in [0, 0.05) is 18.1 Å². The number of rotatable bonds is 2. The van der Waals surface area contributed by atoms with Gasteiger partial charge in [-0.05, 0) is 56.9 Å². The molecule has 0 saturated heterocycles. The molecule has 0 radical (unpaired) electrons. The van der Waals surface area contributed by atoms with E-state index in [2.05, 4.69) is 44.7 Å². The number of hydrogen-bond acceptors (Lipinski definition) is 3. The van der Waals surface area contributed by atoms with Crippen LogP contribution < -0.4 is 0 Å². The fourth-order valence-electron chi connectivity index (χ4n) is 2.93. The van der Waals surface area contributed by atoms with E-state index in [0.29, 0.717) is 6.54 Å². The summed E-state index contributed by atoms with van der Waals surface area (Å²) in [4.78, 5) is 4.29. The Hall–Kier alpha value is -2.17. The summed E-state index contributed by atoms with van der Waals surface area (Å²) in [5, 5.41) is 10.4. The molecular formula is C16H21N5. The van der Waals surface area contributed by atoms with E-state index >= 15 is 0 Å². The van der Waals surface area contributed by atoms with Crippen LogP contribution in [0.5, 0.6) is 0 Å². The third-order valence-electron chi connectivity index (χ3n) is 4.56. The first kappa shape index (κ1) is 13.8. The minimum absolute atomic E-state index is 0.609. The molecule has 21 heavy (non-hydrogen) atoms. The summed E-state index contributed by atoms with van der Waals surface area (Å²) in [5.74, 6) is 0.789. The quantitative estimate of drug-likeness (QED) is 0.726. The molecule has 0 atom stereocenters. The van der Waals surface area contributed by atoms with Crippen LogP contribution in [-0.4, -0.2) is 24.5 Å². The zero-order valence-corrected chi connectivity index (χ0v) is 13.5. The molecule has 0 unspecified atom stereocenters. The minimum atomic E-state index is 0.609. The van der Waals surface area contributed by atoms with Gasteiger partial charge in [-0.15, -0.1) is 0 Å². The molecule has 0 fully saturated rings. The summed E-state index contributed by atoms with van der Waals surface area (Å²) in [6.07, 6.45) is 1.72. The van der Waals surface area contributed by atoms with E-state index in [4.69, 9.17) is 5.10 Å². The number of benzene rings is 1. The molecule has 0 aliphatic rings. The van der Waals surface area contributed by atoms with Crippen LogP contribution in [0.2, 0.25) is 0 Å². The average Bonchev–Trinajstić information content (AvgIpc) is 2.99. The highest BCUT2D eigenvalue weighted by atomic mass is 15.3. The van der Waals surface area contributed by atoms with Crippen LogP contribution in [-0.2, 0) is 13.6 Å². The Labute approximate surface area is 124 Å². The van der Waals surface area contributed by atoms with E-state index in [1.165, 1.54) is 33.3 Å². The third-order valence-corrected chi connectivity index (χ3v) is 4.56. The van der Waals surface area contributed by atoms with E-state index in [-0.39, 0.29) is 0 Å². The normalized spacial score (nSPS) is 11.5. The van der Waals surface area contributed by atoms with Crippen molar-refractivity contribution in [2.45, 2.75) is 41.2 Å². The van der Waals surface area contributed by atoms with Crippen LogP contribution in [0.3, 0.4) is 0 Å². The molecule has 2 heterocycles. The molecule has 0 aliphatic heterocycles. The van der Waals surface area contributed by atoms with Gasteiger partial charge >= 0.3 is 0 Å². The standard InChI is InChI=1S/C16H21N5/c1-9-10(2)12(4)16-15(11(9)3)13(5)21(19-16)7-14-17-8-20(6)18-14/h8H,7H2,1-6H3. The molecule has 2 aromatic heterocycles. The van der Waals surface area contributed by atoms with Gasteiger partial charge in [0.1, 0.15) is 12.9 Å². The minimum Gasteiger partial charge on any atom is -0.261 e. The van der Waals surface area contributed by atoms with Gasteiger partial charge in [-0.25, -0.2) is 4.98 Å². The van der Waals surface area contributed by atoms with Crippen LogP contribution in [0.25, 0.3) is 10.9 Å². The van der Waals surface area contributed by atoms with E-state index in [1.54, 1.807) is 11.0 Å². The second-order valence-corrected chi connectivity index (χ2v) is 5.80. The number of aromatic nitrogens is 5. The van der Waals surface area contributed by atoms with Crippen molar-refractivity contribution in [2.24, 2.45) is 7.05 Å². The molecule has 0 amide bonds. The van der Waals surface area contributed by atoms with Crippen LogP contribution >= 0.6 is 0 Å². The molecule has 0 N–H and O–H groups in total. The molecule has 0 aliphatic carbocycles. The first-order valence-electron chi connectivity index (χ1n) is 7.18. The first-order chi connectivity index (χ1) is 9.90. The highest BCUT2D eigenvalue weighted by Gasteiger charge is 2.17. The topological polar surface area (TPSA) is 48.5 Å². The fourth-order valence-corrected chi connectivity index (χ4v) is 2.93. The zero-order valence-electron chi connectivity index (χ0n) is 13.5. The molecule has 0 spiro atoms. The summed E-state index contributed by atoms with van der Waals surface area (Å²) in [6.45, 7) is 11.4. The predicted molar refractivity (Wildman–Crippen MR) is 83.5 cm³/mol. The van der Waals surface area contributed by atoms with Crippen molar-refractivity contribution in [3.8, 4) is 0 Å². The molecular weight excluding hydrogens is 262 g/mol. The Morgan fingerprint density at radius 2 is 1.57 bits per heavy atom. The van der Waals surface area contributed by atoms with Gasteiger partial charge in [-0.2, -0.15) is 10.2 Å². The zero-order chi connectivity index (χ0) is 15.3. The SMILES string of the molecule is Cc1c(C)c(C)c2c(C)n(Cc3ncn(C)n3)nc2c1C. The molecule has 0 saturated carbocycles. The van der Waals surface area contributed by atoms with E-state index in [1.807, 2.05) is 11.7 Å². The third kappa shape index (κ3) is 2.04. The molecule has 1 aromatic carbocycles. The first-order valence-corrected chi connectivity index (χ1v) is 7.18. The maximum Gasteiger partial charge on any atom is 0.172 e. The summed E-state index contributed by atoms with van der Waals surface area (Å²) in [5.41, 5.74) is 7.57. The van der Waals surface area contributed by atoms with Crippen molar-refractivity contribution in [3.05, 3.63) is 40.1 Å². The molecule has 3 aromatic rings. The van der Waals surface area contributed by atoms with E-state index < -0.39 is 0 Å². The summed E-state index contributed by atoms with van der Waals surface area (Å²) >= 11 is 0. The van der Waals surface area contributed by atoms with Gasteiger partial charge in [0.25, 0.3) is 0 Å². The Kier molecular flexibility index (Phi) is 3.08. The molecule has 5 nitrogen and oxygen atoms in total. The largest absolute Gasteiger partial charge is 0.261 e. The van der Waals surface area contributed by atoms with Gasteiger partial charge in [-0.1, -0.05) is 0 Å². The lowest BCUT2D eigenvalue weighted by Gasteiger charge is -2.10. The van der Waals surface area contributed by atoms with Crippen LogP contribution in [0.4, 0.5) is 0 Å². The average molecular weight is 283 g/mol. The number of aryl methyl sites for hydroxylation is 4. The Balaban J connectivity index is 2.20. The van der Waals surface area contributed by atoms with Crippen LogP contribution in [0, 0.1) is 34.6 Å². The highest BCUT2D eigenvalue weighted by molar-refractivity contribution is 5.89. The van der Waals surface area contributed by atoms with Gasteiger partial charge < -0.3 is 0 Å². The highest BCUT2D eigenvalue weighted by Crippen LogP contribution is 2.30. The molecule has 110 valence electrons. The van der Waals surface area contributed by atoms with Gasteiger partial charge in [0.05, 0.1) is 5.52 Å². The Morgan fingerprint density at radius 3 is 2.19 bits per heavy atom. The number of nitrogens with zero attached hydrogens (tertiary/aromatic N) is 5. The van der Waals surface area contributed by atoms with Crippen molar-refractivity contribution >= 4 is 10.9 Å². The lowest BCUT2D eigenvalue weighted by Crippen LogP contribution is -2.06. The number of fused-ring (bicyclic) bond motifs is 1. The van der Waals surface area contributed by atoms with Crippen molar-refractivity contribution < 1.29 is 0 Å². The maximum absolute atomic E-state index is 4.81. The van der Waals surface area contributed by atoms with Gasteiger partial charge in [0.2, 0.25) is 0 Å². The van der Waals surface area contributed by atoms with Gasteiger partial charge in [0.15, 0.2) is 5.82 Å². The molecule has 5 heteroatoms. The second-order valence-electron chi connectivity index (χ2n) is 5.80. The predicted octanol–water partition coefficient (Wildman–Crippen LogP) is 2.76. The van der Waals surface area contributed by atoms with Crippen LogP contribution in [0.1, 0.15) is 33.8 Å². The fraction of sp³-hybridized carbons (Fsp3) is 0.438. The summed E-state index contributed by atoms with van der Waals surface area (Å²) < 4.78 is 3.73. The monoisotopic (exact) mass is 283 g/mol. The summed E-state index contributed by atoms with van der Waals surface area (Å²) in [7, 11) is 1.88. The Bertz CT molecular complexity index is 838. The van der Waals surface area contributed by atoms with E-state index in [9.17, 15) is 0 Å².